The molecule has 2 saturated heterocycles. The Hall–Kier alpha value is -2.74. The molecule has 0 saturated carbocycles. The molecule has 20 heteroatoms. The summed E-state index contributed by atoms with van der Waals surface area (Å²) >= 11 is 6.65. The molecule has 4 aromatic rings. The number of aliphatic hydroxyl groups excluding tert-OH is 2. The van der Waals surface area contributed by atoms with Gasteiger partial charge in [-0.2, -0.15) is 16.7 Å². The largest absolute Gasteiger partial charge is 0.395 e. The number of alkyl halides is 1. The van der Waals surface area contributed by atoms with Gasteiger partial charge in [0.05, 0.1) is 24.9 Å². The highest BCUT2D eigenvalue weighted by Crippen LogP contribution is 2.55. The van der Waals surface area contributed by atoms with E-state index in [4.69, 9.17) is 37.1 Å². The number of hydrogen-bond acceptors (Lipinski definition) is 14. The predicted molar refractivity (Wildman–Crippen MR) is 149 cm³/mol. The molecule has 6 rings (SSSR count). The van der Waals surface area contributed by atoms with E-state index in [-0.39, 0.29) is 52.6 Å². The summed E-state index contributed by atoms with van der Waals surface area (Å²) in [6, 6.07) is 1.53. The number of aliphatic hydroxyl groups is 2. The van der Waals surface area contributed by atoms with E-state index in [0.717, 1.165) is 4.57 Å². The van der Waals surface area contributed by atoms with Gasteiger partial charge in [-0.3, -0.25) is 23.4 Å². The van der Waals surface area contributed by atoms with Gasteiger partial charge < -0.3 is 35.8 Å². The highest BCUT2D eigenvalue weighted by atomic mass is 32.5. The van der Waals surface area contributed by atoms with E-state index < -0.39 is 49.2 Å². The maximum atomic E-state index is 16.1. The lowest BCUT2D eigenvalue weighted by molar-refractivity contribution is -0.0497. The molecule has 41 heavy (non-hydrogen) atoms. The Morgan fingerprint density at radius 1 is 1.32 bits per heavy atom. The highest BCUT2D eigenvalue weighted by molar-refractivity contribution is 8.07. The number of nitrogens with zero attached hydrogens (tertiary/aromatic N) is 6. The van der Waals surface area contributed by atoms with Crippen LogP contribution in [-0.2, 0) is 37.1 Å². The van der Waals surface area contributed by atoms with Crippen LogP contribution < -0.4 is 17.0 Å². The predicted octanol–water partition coefficient (Wildman–Crippen LogP) is -0.489. The van der Waals surface area contributed by atoms with Crippen LogP contribution in [-0.4, -0.2) is 92.2 Å². The van der Waals surface area contributed by atoms with E-state index in [1.165, 1.54) is 41.2 Å². The summed E-state index contributed by atoms with van der Waals surface area (Å²) in [6.07, 6.45) is 1.05. The van der Waals surface area contributed by atoms with Crippen molar-refractivity contribution in [1.29, 1.82) is 0 Å². The topological polar surface area (TPSA) is 235 Å². The Bertz CT molecular complexity index is 1740. The Morgan fingerprint density at radius 2 is 2.12 bits per heavy atom. The van der Waals surface area contributed by atoms with Gasteiger partial charge in [-0.15, -0.1) is 0 Å². The number of rotatable bonds is 8. The van der Waals surface area contributed by atoms with Crippen LogP contribution in [0, 0.1) is 0 Å². The van der Waals surface area contributed by atoms with Gasteiger partial charge in [0, 0.05) is 23.6 Å². The monoisotopic (exact) mass is 629 g/mol. The Morgan fingerprint density at radius 3 is 2.88 bits per heavy atom. The van der Waals surface area contributed by atoms with Crippen LogP contribution in [0.5, 0.6) is 0 Å². The van der Waals surface area contributed by atoms with Crippen LogP contribution in [0.2, 0.25) is 0 Å². The van der Waals surface area contributed by atoms with Gasteiger partial charge in [-0.25, -0.2) is 19.3 Å². The van der Waals surface area contributed by atoms with Gasteiger partial charge in [-0.1, -0.05) is 0 Å². The minimum atomic E-state index is -4.13. The molecule has 0 aromatic carbocycles. The zero-order chi connectivity index (χ0) is 29.2. The number of fused-ring (bicyclic) bond motifs is 2. The number of imidazole rings is 1. The molecule has 6 atom stereocenters. The second kappa shape index (κ2) is 10.2. The molecule has 0 aliphatic carbocycles. The second-order valence-corrected chi connectivity index (χ2v) is 13.7. The summed E-state index contributed by atoms with van der Waals surface area (Å²) < 4.78 is 35.7. The number of nitrogen functional groups attached to an aromatic ring is 2. The maximum Gasteiger partial charge on any atom is 0.326 e. The van der Waals surface area contributed by atoms with Crippen molar-refractivity contribution in [3.63, 3.8) is 0 Å². The normalized spacial score (nSPS) is 29.9. The maximum absolute atomic E-state index is 16.1. The standard InChI is InChI=1S/C21H25FN9O7PS2/c22-21(30-2-1-11-15(23)25-8-26-16(11)30)6-36-12(14(21)33)5-37-39(35,40)38-20(3-10(4-32)41-7-20)31-9-27-13-17(31)28-19(24)29-18(13)34/h1-2,8-10,12,14,32-33H,3-7H2,(H,35,40)(H2,23,25,26)(H3,24,28,29,34)/t10-,12+,14+,20-,21+,39?/m0/s1. The number of nitrogens with one attached hydrogen (secondary N) is 1. The number of H-pyrrole nitrogens is 1. The molecule has 220 valence electrons. The minimum absolute atomic E-state index is 0.0156. The van der Waals surface area contributed by atoms with Crippen molar-refractivity contribution in [2.24, 2.45) is 0 Å². The zero-order valence-electron chi connectivity index (χ0n) is 21.0. The van der Waals surface area contributed by atoms with Crippen molar-refractivity contribution < 1.29 is 33.3 Å². The number of ether oxygens (including phenoxy) is 1. The third-order valence-electron chi connectivity index (χ3n) is 7.06. The third kappa shape index (κ3) is 4.80. The van der Waals surface area contributed by atoms with Crippen molar-refractivity contribution in [3.8, 4) is 0 Å². The number of hydrogen-bond donors (Lipinski definition) is 6. The molecule has 8 N–H and O–H groups in total. The van der Waals surface area contributed by atoms with Crippen molar-refractivity contribution in [2.75, 3.05) is 37.0 Å². The number of anilines is 2. The average Bonchev–Trinajstić information content (AvgIpc) is 3.69. The first-order chi connectivity index (χ1) is 19.5. The lowest BCUT2D eigenvalue weighted by atomic mass is 10.1. The summed E-state index contributed by atoms with van der Waals surface area (Å²) in [5, 5.41) is 20.8. The summed E-state index contributed by atoms with van der Waals surface area (Å²) in [5.41, 5.74) is 9.82. The molecular formula is C21H25FN9O7PS2. The Labute approximate surface area is 239 Å². The number of aromatic amines is 1. The number of nitrogens with two attached hydrogens (primary N) is 2. The lowest BCUT2D eigenvalue weighted by Crippen LogP contribution is -2.43. The van der Waals surface area contributed by atoms with Gasteiger partial charge in [0.25, 0.3) is 5.56 Å². The van der Waals surface area contributed by atoms with Gasteiger partial charge in [0.15, 0.2) is 16.9 Å². The second-order valence-electron chi connectivity index (χ2n) is 9.65. The van der Waals surface area contributed by atoms with Gasteiger partial charge in [-0.05, 0) is 17.9 Å². The fourth-order valence-electron chi connectivity index (χ4n) is 5.06. The van der Waals surface area contributed by atoms with Crippen LogP contribution in [0.15, 0.2) is 29.7 Å². The molecule has 0 bridgehead atoms. The SMILES string of the molecule is Nc1nc2c(ncn2[C@@]2(OP(O)(=S)OC[C@H]3OC[C@@](F)(n4ccc5c(N)ncnc54)[C@@H]3O)CS[C@H](CO)C2)c(=O)[nH]1. The van der Waals surface area contributed by atoms with Crippen molar-refractivity contribution in [2.45, 2.75) is 35.4 Å². The molecule has 16 nitrogen and oxygen atoms in total. The summed E-state index contributed by atoms with van der Waals surface area (Å²) in [7, 11) is 0. The van der Waals surface area contributed by atoms with Crippen LogP contribution in [0.25, 0.3) is 22.2 Å². The van der Waals surface area contributed by atoms with E-state index in [2.05, 4.69) is 24.9 Å². The molecule has 0 radical (unpaired) electrons. The molecule has 2 fully saturated rings. The van der Waals surface area contributed by atoms with E-state index in [0.29, 0.717) is 5.39 Å². The fraction of sp³-hybridized carbons (Fsp3) is 0.476. The van der Waals surface area contributed by atoms with Crippen LogP contribution in [0.3, 0.4) is 0 Å². The van der Waals surface area contributed by atoms with E-state index in [1.807, 2.05) is 0 Å². The fourth-order valence-corrected chi connectivity index (χ4v) is 8.08. The molecule has 2 aliphatic heterocycles. The first kappa shape index (κ1) is 28.4. The molecule has 4 aromatic heterocycles. The van der Waals surface area contributed by atoms with E-state index in [1.54, 1.807) is 0 Å². The smallest absolute Gasteiger partial charge is 0.326 e. The van der Waals surface area contributed by atoms with Gasteiger partial charge >= 0.3 is 6.72 Å². The van der Waals surface area contributed by atoms with E-state index >= 15 is 4.39 Å². The van der Waals surface area contributed by atoms with Crippen molar-refractivity contribution in [3.05, 3.63) is 35.3 Å². The Kier molecular flexibility index (Phi) is 7.07. The Balaban J connectivity index is 1.23. The van der Waals surface area contributed by atoms with E-state index in [9.17, 15) is 19.9 Å². The first-order valence-electron chi connectivity index (χ1n) is 12.2. The summed E-state index contributed by atoms with van der Waals surface area (Å²) in [5.74, 6) is -2.25. The zero-order valence-corrected chi connectivity index (χ0v) is 23.6. The van der Waals surface area contributed by atoms with Crippen LogP contribution >= 0.6 is 18.5 Å². The number of thioether (sulfide) groups is 1. The molecule has 0 spiro atoms. The molecule has 1 unspecified atom stereocenters. The average molecular weight is 630 g/mol. The molecule has 6 heterocycles. The van der Waals surface area contributed by atoms with Crippen LogP contribution in [0.4, 0.5) is 16.2 Å². The molecular weight excluding hydrogens is 604 g/mol. The quantitative estimate of drug-likeness (QED) is 0.135. The molecule has 2 aliphatic rings. The van der Waals surface area contributed by atoms with Crippen molar-refractivity contribution in [1.82, 2.24) is 34.1 Å². The van der Waals surface area contributed by atoms with Gasteiger partial charge in [0.2, 0.25) is 11.7 Å². The summed E-state index contributed by atoms with van der Waals surface area (Å²) in [6.45, 7) is -5.39. The first-order valence-corrected chi connectivity index (χ1v) is 15.8. The summed E-state index contributed by atoms with van der Waals surface area (Å²) in [4.78, 5) is 42.0. The lowest BCUT2D eigenvalue weighted by Gasteiger charge is -2.34. The van der Waals surface area contributed by atoms with Gasteiger partial charge in [0.1, 0.15) is 36.6 Å². The van der Waals surface area contributed by atoms with Crippen molar-refractivity contribution >= 4 is 64.3 Å². The third-order valence-corrected chi connectivity index (χ3v) is 10.1. The minimum Gasteiger partial charge on any atom is -0.395 e. The van der Waals surface area contributed by atoms with Crippen LogP contribution in [0.1, 0.15) is 6.42 Å². The number of halogens is 1. The molecule has 0 amide bonds. The highest BCUT2D eigenvalue weighted by Gasteiger charge is 2.53. The number of aromatic nitrogens is 7.